The smallest absolute Gasteiger partial charge is 0.340 e. The summed E-state index contributed by atoms with van der Waals surface area (Å²) in [6.07, 6.45) is -1.02. The molecule has 0 aliphatic rings. The van der Waals surface area contributed by atoms with Gasteiger partial charge in [-0.05, 0) is 37.3 Å². The Hall–Kier alpha value is -2.18. The van der Waals surface area contributed by atoms with Crippen LogP contribution in [0.3, 0.4) is 0 Å². The van der Waals surface area contributed by atoms with E-state index in [9.17, 15) is 13.8 Å². The summed E-state index contributed by atoms with van der Waals surface area (Å²) in [6, 6.07) is 13.2. The van der Waals surface area contributed by atoms with Gasteiger partial charge in [0.2, 0.25) is 0 Å². The van der Waals surface area contributed by atoms with Gasteiger partial charge in [-0.1, -0.05) is 36.7 Å². The molecule has 0 aromatic heterocycles. The van der Waals surface area contributed by atoms with Gasteiger partial charge in [0, 0.05) is 16.5 Å². The first kappa shape index (κ1) is 19.1. The molecule has 0 saturated carbocycles. The van der Waals surface area contributed by atoms with Gasteiger partial charge >= 0.3 is 5.97 Å². The summed E-state index contributed by atoms with van der Waals surface area (Å²) in [5.74, 6) is -0.786. The van der Waals surface area contributed by atoms with Crippen molar-refractivity contribution < 1.29 is 18.5 Å². The molecule has 0 fully saturated rings. The van der Waals surface area contributed by atoms with Crippen molar-refractivity contribution in [2.24, 2.45) is 0 Å². The summed E-state index contributed by atoms with van der Waals surface area (Å²) in [7, 11) is -1.30. The summed E-state index contributed by atoms with van der Waals surface area (Å²) < 4.78 is 17.3. The molecule has 2 atom stereocenters. The molecule has 0 bridgehead atoms. The molecular formula is C18H18ClNO4S. The number of amides is 1. The van der Waals surface area contributed by atoms with Crippen LogP contribution in [0.1, 0.15) is 24.2 Å². The van der Waals surface area contributed by atoms with Gasteiger partial charge in [0.05, 0.1) is 21.3 Å². The highest BCUT2D eigenvalue weighted by Gasteiger charge is 2.22. The zero-order valence-corrected chi connectivity index (χ0v) is 15.4. The summed E-state index contributed by atoms with van der Waals surface area (Å²) in [6.45, 7) is 3.23. The number of esters is 1. The van der Waals surface area contributed by atoms with E-state index in [1.165, 1.54) is 13.0 Å². The Kier molecular flexibility index (Phi) is 6.73. The maximum Gasteiger partial charge on any atom is 0.340 e. The van der Waals surface area contributed by atoms with Crippen molar-refractivity contribution in [3.8, 4) is 0 Å². The van der Waals surface area contributed by atoms with Crippen LogP contribution in [0.2, 0.25) is 5.02 Å². The molecule has 2 rings (SSSR count). The second-order valence-electron chi connectivity index (χ2n) is 5.18. The fourth-order valence-electron chi connectivity index (χ4n) is 2.08. The normalized spacial score (nSPS) is 12.9. The Morgan fingerprint density at radius 1 is 1.20 bits per heavy atom. The Morgan fingerprint density at radius 3 is 2.60 bits per heavy atom. The number of anilines is 1. The Morgan fingerprint density at radius 2 is 1.92 bits per heavy atom. The molecular weight excluding hydrogens is 362 g/mol. The highest BCUT2D eigenvalue weighted by atomic mass is 35.5. The van der Waals surface area contributed by atoms with Crippen LogP contribution >= 0.6 is 11.6 Å². The van der Waals surface area contributed by atoms with Crippen LogP contribution < -0.4 is 5.32 Å². The summed E-state index contributed by atoms with van der Waals surface area (Å²) in [5, 5.41) is 3.11. The second-order valence-corrected chi connectivity index (χ2v) is 7.32. The van der Waals surface area contributed by atoms with Gasteiger partial charge in [0.15, 0.2) is 6.10 Å². The first-order valence-corrected chi connectivity index (χ1v) is 9.37. The predicted molar refractivity (Wildman–Crippen MR) is 98.4 cm³/mol. The number of rotatable bonds is 6. The third kappa shape index (κ3) is 5.14. The quantitative estimate of drug-likeness (QED) is 0.777. The topological polar surface area (TPSA) is 72.5 Å². The highest BCUT2D eigenvalue weighted by molar-refractivity contribution is 7.85. The van der Waals surface area contributed by atoms with E-state index in [0.29, 0.717) is 21.4 Å². The summed E-state index contributed by atoms with van der Waals surface area (Å²) >= 11 is 5.87. The number of ether oxygens (including phenoxy) is 1. The van der Waals surface area contributed by atoms with E-state index in [1.807, 2.05) is 0 Å². The zero-order chi connectivity index (χ0) is 18.4. The van der Waals surface area contributed by atoms with E-state index >= 15 is 0 Å². The molecule has 2 aromatic carbocycles. The molecule has 0 aliphatic carbocycles. The Labute approximate surface area is 153 Å². The van der Waals surface area contributed by atoms with Gasteiger partial charge in [-0.25, -0.2) is 4.79 Å². The van der Waals surface area contributed by atoms with Crippen LogP contribution in [0.4, 0.5) is 5.69 Å². The predicted octanol–water partition coefficient (Wildman–Crippen LogP) is 3.65. The molecule has 0 radical (unpaired) electrons. The van der Waals surface area contributed by atoms with Gasteiger partial charge in [-0.3, -0.25) is 9.00 Å². The lowest BCUT2D eigenvalue weighted by Crippen LogP contribution is -2.30. The van der Waals surface area contributed by atoms with Crippen LogP contribution in [0.15, 0.2) is 53.4 Å². The molecule has 0 unspecified atom stereocenters. The second kappa shape index (κ2) is 8.78. The lowest BCUT2D eigenvalue weighted by molar-refractivity contribution is -0.123. The first-order valence-electron chi connectivity index (χ1n) is 7.67. The monoisotopic (exact) mass is 379 g/mol. The average Bonchev–Trinajstić information content (AvgIpc) is 2.60. The number of nitrogens with one attached hydrogen (secondary N) is 1. The molecule has 25 heavy (non-hydrogen) atoms. The van der Waals surface area contributed by atoms with E-state index in [1.54, 1.807) is 49.4 Å². The van der Waals surface area contributed by atoms with Crippen LogP contribution in [-0.4, -0.2) is 27.9 Å². The molecule has 132 valence electrons. The third-order valence-corrected chi connectivity index (χ3v) is 4.97. The van der Waals surface area contributed by atoms with Crippen LogP contribution in [0, 0.1) is 0 Å². The maximum absolute atomic E-state index is 12.3. The molecule has 0 aliphatic heterocycles. The van der Waals surface area contributed by atoms with Crippen molar-refractivity contribution >= 4 is 40.0 Å². The minimum atomic E-state index is -1.30. The van der Waals surface area contributed by atoms with Crippen LogP contribution in [-0.2, 0) is 20.3 Å². The third-order valence-electron chi connectivity index (χ3n) is 3.36. The number of halogens is 1. The van der Waals surface area contributed by atoms with Gasteiger partial charge in [0.1, 0.15) is 0 Å². The number of hydrogen-bond donors (Lipinski definition) is 1. The van der Waals surface area contributed by atoms with E-state index in [-0.39, 0.29) is 5.56 Å². The van der Waals surface area contributed by atoms with Crippen LogP contribution in [0.5, 0.6) is 0 Å². The fraction of sp³-hybridized carbons (Fsp3) is 0.222. The van der Waals surface area contributed by atoms with Gasteiger partial charge in [-0.2, -0.15) is 0 Å². The molecule has 5 nitrogen and oxygen atoms in total. The van der Waals surface area contributed by atoms with Crippen molar-refractivity contribution in [2.45, 2.75) is 24.8 Å². The zero-order valence-electron chi connectivity index (χ0n) is 13.8. The fourth-order valence-corrected chi connectivity index (χ4v) is 3.21. The molecule has 1 amide bonds. The van der Waals surface area contributed by atoms with Gasteiger partial charge < -0.3 is 10.1 Å². The van der Waals surface area contributed by atoms with Gasteiger partial charge in [0.25, 0.3) is 5.91 Å². The highest BCUT2D eigenvalue weighted by Crippen LogP contribution is 2.17. The SMILES string of the molecule is CC[S@](=O)c1ccccc1C(=O)O[C@@H](C)C(=O)Nc1cccc(Cl)c1. The van der Waals surface area contributed by atoms with E-state index in [4.69, 9.17) is 16.3 Å². The summed E-state index contributed by atoms with van der Waals surface area (Å²) in [5.41, 5.74) is 0.706. The summed E-state index contributed by atoms with van der Waals surface area (Å²) in [4.78, 5) is 24.9. The number of hydrogen-bond acceptors (Lipinski definition) is 4. The van der Waals surface area contributed by atoms with Crippen molar-refractivity contribution in [2.75, 3.05) is 11.1 Å². The van der Waals surface area contributed by atoms with Crippen molar-refractivity contribution in [3.05, 3.63) is 59.1 Å². The molecule has 0 saturated heterocycles. The molecule has 7 heteroatoms. The van der Waals surface area contributed by atoms with E-state index < -0.39 is 28.8 Å². The minimum absolute atomic E-state index is 0.199. The van der Waals surface area contributed by atoms with Crippen LogP contribution in [0.25, 0.3) is 0 Å². The van der Waals surface area contributed by atoms with Crippen molar-refractivity contribution in [3.63, 3.8) is 0 Å². The molecule has 2 aromatic rings. The lowest BCUT2D eigenvalue weighted by atomic mass is 10.2. The van der Waals surface area contributed by atoms with E-state index in [0.717, 1.165) is 0 Å². The molecule has 0 spiro atoms. The lowest BCUT2D eigenvalue weighted by Gasteiger charge is -2.15. The molecule has 0 heterocycles. The Balaban J connectivity index is 2.07. The average molecular weight is 380 g/mol. The van der Waals surface area contributed by atoms with E-state index in [2.05, 4.69) is 5.32 Å². The molecule has 1 N–H and O–H groups in total. The number of carbonyl (C=O) groups excluding carboxylic acids is 2. The largest absolute Gasteiger partial charge is 0.449 e. The van der Waals surface area contributed by atoms with Crippen molar-refractivity contribution in [1.82, 2.24) is 0 Å². The maximum atomic E-state index is 12.3. The number of benzene rings is 2. The minimum Gasteiger partial charge on any atom is -0.449 e. The Bertz CT molecular complexity index is 809. The van der Waals surface area contributed by atoms with Crippen molar-refractivity contribution in [1.29, 1.82) is 0 Å². The number of carbonyl (C=O) groups is 2. The van der Waals surface area contributed by atoms with Gasteiger partial charge in [-0.15, -0.1) is 0 Å². The standard InChI is InChI=1S/C18H18ClNO4S/c1-3-25(23)16-10-5-4-9-15(16)18(22)24-12(2)17(21)20-14-8-6-7-13(19)11-14/h4-12H,3H2,1-2H3,(H,20,21)/t12-,25-/m0/s1. The first-order chi connectivity index (χ1) is 11.9.